The van der Waals surface area contributed by atoms with E-state index in [9.17, 15) is 9.50 Å². The molecule has 1 aromatic heterocycles. The van der Waals surface area contributed by atoms with Gasteiger partial charge in [0.2, 0.25) is 0 Å². The Morgan fingerprint density at radius 2 is 1.83 bits per heavy atom. The summed E-state index contributed by atoms with van der Waals surface area (Å²) < 4.78 is 14.4. The van der Waals surface area contributed by atoms with Crippen molar-refractivity contribution in [1.82, 2.24) is 4.98 Å². The highest BCUT2D eigenvalue weighted by molar-refractivity contribution is 7.18. The fraction of sp³-hybridized carbons (Fsp3) is 0.0714. The first-order valence-corrected chi connectivity index (χ1v) is 6.31. The Labute approximate surface area is 107 Å². The zero-order chi connectivity index (χ0) is 12.7. The highest BCUT2D eigenvalue weighted by atomic mass is 32.1. The minimum absolute atomic E-state index is 0.329. The van der Waals surface area contributed by atoms with E-state index in [-0.39, 0.29) is 5.75 Å². The van der Waals surface area contributed by atoms with Gasteiger partial charge in [-0.2, -0.15) is 0 Å². The molecule has 0 amide bonds. The molecule has 4 heteroatoms. The van der Waals surface area contributed by atoms with Crippen LogP contribution in [-0.4, -0.2) is 10.1 Å². The number of hydrogen-bond donors (Lipinski definition) is 1. The second-order valence-corrected chi connectivity index (χ2v) is 5.32. The number of benzene rings is 2. The standard InChI is InChI=1S/C14H10FNOS/c1-8-16-12-7-10(3-5-14(12)18-8)9-2-4-13(17)11(15)6-9/h2-7,17H,1H3. The molecule has 1 heterocycles. The number of phenolic OH excluding ortho intramolecular Hbond substituents is 1. The molecule has 0 unspecified atom stereocenters. The zero-order valence-corrected chi connectivity index (χ0v) is 10.5. The molecule has 3 rings (SSSR count). The number of halogens is 1. The molecular formula is C14H10FNOS. The SMILES string of the molecule is Cc1nc2cc(-c3ccc(O)c(F)c3)ccc2s1. The van der Waals surface area contributed by atoms with E-state index in [0.29, 0.717) is 0 Å². The normalized spacial score (nSPS) is 11.0. The van der Waals surface area contributed by atoms with Crippen LogP contribution in [0.25, 0.3) is 21.3 Å². The Morgan fingerprint density at radius 3 is 2.61 bits per heavy atom. The van der Waals surface area contributed by atoms with Crippen LogP contribution in [0.5, 0.6) is 5.75 Å². The molecule has 90 valence electrons. The molecule has 0 radical (unpaired) electrons. The van der Waals surface area contributed by atoms with Crippen molar-refractivity contribution in [3.8, 4) is 16.9 Å². The van der Waals surface area contributed by atoms with Crippen LogP contribution in [0.2, 0.25) is 0 Å². The van der Waals surface area contributed by atoms with Crippen LogP contribution in [0.4, 0.5) is 4.39 Å². The van der Waals surface area contributed by atoms with Gasteiger partial charge in [0.15, 0.2) is 11.6 Å². The van der Waals surface area contributed by atoms with Crippen molar-refractivity contribution in [2.24, 2.45) is 0 Å². The van der Waals surface area contributed by atoms with E-state index in [4.69, 9.17) is 0 Å². The van der Waals surface area contributed by atoms with E-state index >= 15 is 0 Å². The Morgan fingerprint density at radius 1 is 1.11 bits per heavy atom. The summed E-state index contributed by atoms with van der Waals surface area (Å²) in [6.45, 7) is 1.96. The monoisotopic (exact) mass is 259 g/mol. The number of thiazole rings is 1. The van der Waals surface area contributed by atoms with E-state index in [1.807, 2.05) is 25.1 Å². The van der Waals surface area contributed by atoms with E-state index in [2.05, 4.69) is 4.98 Å². The van der Waals surface area contributed by atoms with E-state index < -0.39 is 5.82 Å². The predicted octanol–water partition coefficient (Wildman–Crippen LogP) is 4.12. The number of aromatic hydroxyl groups is 1. The summed E-state index contributed by atoms with van der Waals surface area (Å²) >= 11 is 1.64. The van der Waals surface area contributed by atoms with Gasteiger partial charge in [0.25, 0.3) is 0 Å². The molecule has 0 spiro atoms. The fourth-order valence-corrected chi connectivity index (χ4v) is 2.72. The second kappa shape index (κ2) is 4.07. The van der Waals surface area contributed by atoms with Gasteiger partial charge >= 0.3 is 0 Å². The maximum Gasteiger partial charge on any atom is 0.165 e. The van der Waals surface area contributed by atoms with Crippen molar-refractivity contribution < 1.29 is 9.50 Å². The molecule has 0 aliphatic rings. The van der Waals surface area contributed by atoms with Gasteiger partial charge in [-0.3, -0.25) is 0 Å². The fourth-order valence-electron chi connectivity index (χ4n) is 1.91. The number of nitrogens with zero attached hydrogens (tertiary/aromatic N) is 1. The van der Waals surface area contributed by atoms with Gasteiger partial charge < -0.3 is 5.11 Å². The molecule has 0 bridgehead atoms. The Bertz CT molecular complexity index is 736. The van der Waals surface area contributed by atoms with Crippen LogP contribution < -0.4 is 0 Å². The van der Waals surface area contributed by atoms with Gasteiger partial charge in [-0.15, -0.1) is 11.3 Å². The summed E-state index contributed by atoms with van der Waals surface area (Å²) in [6.07, 6.45) is 0. The summed E-state index contributed by atoms with van der Waals surface area (Å²) in [7, 11) is 0. The third-order valence-corrected chi connectivity index (χ3v) is 3.73. The van der Waals surface area contributed by atoms with Crippen molar-refractivity contribution in [3.63, 3.8) is 0 Å². The molecule has 0 saturated carbocycles. The van der Waals surface area contributed by atoms with Crippen LogP contribution >= 0.6 is 11.3 Å². The van der Waals surface area contributed by atoms with Gasteiger partial charge in [-0.1, -0.05) is 12.1 Å². The molecular weight excluding hydrogens is 249 g/mol. The average molecular weight is 259 g/mol. The lowest BCUT2D eigenvalue weighted by Gasteiger charge is -2.03. The number of fused-ring (bicyclic) bond motifs is 1. The molecule has 3 aromatic rings. The number of rotatable bonds is 1. The first-order chi connectivity index (χ1) is 8.63. The largest absolute Gasteiger partial charge is 0.505 e. The summed E-state index contributed by atoms with van der Waals surface area (Å²) in [5, 5.41) is 10.2. The van der Waals surface area contributed by atoms with Gasteiger partial charge in [-0.05, 0) is 42.3 Å². The third kappa shape index (κ3) is 1.84. The molecule has 1 N–H and O–H groups in total. The first-order valence-electron chi connectivity index (χ1n) is 5.49. The van der Waals surface area contributed by atoms with Gasteiger partial charge in [-0.25, -0.2) is 9.37 Å². The highest BCUT2D eigenvalue weighted by Crippen LogP contribution is 2.29. The summed E-state index contributed by atoms with van der Waals surface area (Å²) in [5.74, 6) is -0.939. The Balaban J connectivity index is 2.15. The van der Waals surface area contributed by atoms with Crippen molar-refractivity contribution in [2.75, 3.05) is 0 Å². The highest BCUT2D eigenvalue weighted by Gasteiger charge is 2.06. The maximum absolute atomic E-state index is 13.3. The second-order valence-electron chi connectivity index (χ2n) is 4.08. The lowest BCUT2D eigenvalue weighted by molar-refractivity contribution is 0.432. The van der Waals surface area contributed by atoms with E-state index in [0.717, 1.165) is 26.4 Å². The Hall–Kier alpha value is -1.94. The third-order valence-electron chi connectivity index (χ3n) is 2.78. The predicted molar refractivity (Wildman–Crippen MR) is 71.4 cm³/mol. The smallest absolute Gasteiger partial charge is 0.165 e. The van der Waals surface area contributed by atoms with Crippen molar-refractivity contribution in [2.45, 2.75) is 6.92 Å². The Kier molecular flexibility index (Phi) is 2.52. The molecule has 0 aliphatic heterocycles. The average Bonchev–Trinajstić information content (AvgIpc) is 2.71. The molecule has 18 heavy (non-hydrogen) atoms. The molecule has 0 aliphatic carbocycles. The van der Waals surface area contributed by atoms with Gasteiger partial charge in [0, 0.05) is 0 Å². The maximum atomic E-state index is 13.3. The molecule has 0 saturated heterocycles. The lowest BCUT2D eigenvalue weighted by Crippen LogP contribution is -1.81. The number of phenols is 1. The van der Waals surface area contributed by atoms with Crippen LogP contribution in [0.3, 0.4) is 0 Å². The minimum Gasteiger partial charge on any atom is -0.505 e. The van der Waals surface area contributed by atoms with Crippen molar-refractivity contribution in [3.05, 3.63) is 47.2 Å². The van der Waals surface area contributed by atoms with E-state index in [1.165, 1.54) is 12.1 Å². The van der Waals surface area contributed by atoms with Crippen LogP contribution in [0.15, 0.2) is 36.4 Å². The van der Waals surface area contributed by atoms with Crippen LogP contribution in [0, 0.1) is 12.7 Å². The molecule has 2 aromatic carbocycles. The van der Waals surface area contributed by atoms with E-state index in [1.54, 1.807) is 17.4 Å². The van der Waals surface area contributed by atoms with Crippen LogP contribution in [0.1, 0.15) is 5.01 Å². The summed E-state index contributed by atoms with van der Waals surface area (Å²) in [5.41, 5.74) is 2.55. The van der Waals surface area contributed by atoms with Gasteiger partial charge in [0.05, 0.1) is 15.2 Å². The van der Waals surface area contributed by atoms with Gasteiger partial charge in [0.1, 0.15) is 0 Å². The van der Waals surface area contributed by atoms with Crippen LogP contribution in [-0.2, 0) is 0 Å². The molecule has 0 atom stereocenters. The molecule has 2 nitrogen and oxygen atoms in total. The molecule has 0 fully saturated rings. The zero-order valence-electron chi connectivity index (χ0n) is 9.64. The quantitative estimate of drug-likeness (QED) is 0.713. The summed E-state index contributed by atoms with van der Waals surface area (Å²) in [4.78, 5) is 4.41. The van der Waals surface area contributed by atoms with Crippen molar-refractivity contribution >= 4 is 21.6 Å². The number of aromatic nitrogens is 1. The minimum atomic E-state index is -0.609. The number of aryl methyl sites for hydroxylation is 1. The first kappa shape index (κ1) is 11.2. The topological polar surface area (TPSA) is 33.1 Å². The lowest BCUT2D eigenvalue weighted by atomic mass is 10.1. The summed E-state index contributed by atoms with van der Waals surface area (Å²) in [6, 6.07) is 10.2. The number of hydrogen-bond acceptors (Lipinski definition) is 3. The van der Waals surface area contributed by atoms with Crippen molar-refractivity contribution in [1.29, 1.82) is 0 Å².